The van der Waals surface area contributed by atoms with Crippen LogP contribution in [0.5, 0.6) is 0 Å². The molecule has 0 spiro atoms. The van der Waals surface area contributed by atoms with E-state index >= 15 is 0 Å². The Morgan fingerprint density at radius 1 is 1.07 bits per heavy atom. The molecule has 0 aliphatic rings. The lowest BCUT2D eigenvalue weighted by molar-refractivity contribution is 0.0600. The number of halogens is 1. The normalized spacial score (nSPS) is 10.6. The van der Waals surface area contributed by atoms with Crippen LogP contribution in [0.3, 0.4) is 0 Å². The molecule has 2 aromatic carbocycles. The number of aryl methyl sites for hydroxylation is 2. The number of methoxy groups -OCH3 is 1. The minimum atomic E-state index is -0.499. The number of esters is 1. The molecule has 1 N–H and O–H groups in total. The molecule has 0 saturated carbocycles. The van der Waals surface area contributed by atoms with Crippen LogP contribution in [0.2, 0.25) is 5.02 Å². The minimum Gasteiger partial charge on any atom is -0.465 e. The minimum absolute atomic E-state index is 0.308. The summed E-state index contributed by atoms with van der Waals surface area (Å²) in [6.07, 6.45) is 0. The Labute approximate surface area is 168 Å². The highest BCUT2D eigenvalue weighted by atomic mass is 35.5. The Hall–Kier alpha value is -3.12. The summed E-state index contributed by atoms with van der Waals surface area (Å²) in [5, 5.41) is 7.51. The molecule has 0 atom stereocenters. The van der Waals surface area contributed by atoms with Gasteiger partial charge in [-0.2, -0.15) is 5.10 Å². The molecule has 1 heterocycles. The SMILES string of the molecule is COC(=O)c1ccc(Cl)c(NC(=O)c2ccc(Cn3nc(C)cc3C)cc2)c1. The second-order valence-electron chi connectivity index (χ2n) is 6.42. The van der Waals surface area contributed by atoms with Gasteiger partial charge in [-0.3, -0.25) is 9.48 Å². The van der Waals surface area contributed by atoms with Crippen molar-refractivity contribution in [2.45, 2.75) is 20.4 Å². The lowest BCUT2D eigenvalue weighted by Gasteiger charge is -2.10. The number of aromatic nitrogens is 2. The van der Waals surface area contributed by atoms with Crippen molar-refractivity contribution in [1.82, 2.24) is 9.78 Å². The fraction of sp³-hybridized carbons (Fsp3) is 0.190. The summed E-state index contributed by atoms with van der Waals surface area (Å²) in [6, 6.07) is 13.9. The first-order chi connectivity index (χ1) is 13.4. The Bertz CT molecular complexity index is 1030. The first kappa shape index (κ1) is 19.6. The molecule has 1 amide bonds. The average molecular weight is 398 g/mol. The highest BCUT2D eigenvalue weighted by Gasteiger charge is 2.13. The van der Waals surface area contributed by atoms with E-state index in [-0.39, 0.29) is 5.91 Å². The predicted molar refractivity (Wildman–Crippen MR) is 108 cm³/mol. The molecule has 1 aromatic heterocycles. The molecule has 0 unspecified atom stereocenters. The fourth-order valence-electron chi connectivity index (χ4n) is 2.83. The highest BCUT2D eigenvalue weighted by molar-refractivity contribution is 6.34. The topological polar surface area (TPSA) is 73.2 Å². The van der Waals surface area contributed by atoms with Crippen molar-refractivity contribution >= 4 is 29.2 Å². The number of amides is 1. The summed E-state index contributed by atoms with van der Waals surface area (Å²) in [5.41, 5.74) is 4.23. The molecular weight excluding hydrogens is 378 g/mol. The van der Waals surface area contributed by atoms with Gasteiger partial charge in [-0.25, -0.2) is 4.79 Å². The number of ether oxygens (including phenoxy) is 1. The molecule has 0 aliphatic heterocycles. The van der Waals surface area contributed by atoms with E-state index < -0.39 is 5.97 Å². The van der Waals surface area contributed by atoms with Gasteiger partial charge in [0, 0.05) is 11.3 Å². The molecule has 3 rings (SSSR count). The van der Waals surface area contributed by atoms with Crippen LogP contribution in [0.25, 0.3) is 0 Å². The second kappa shape index (κ2) is 8.27. The van der Waals surface area contributed by atoms with Crippen molar-refractivity contribution < 1.29 is 14.3 Å². The zero-order valence-electron chi connectivity index (χ0n) is 15.8. The van der Waals surface area contributed by atoms with Crippen LogP contribution in [0, 0.1) is 13.8 Å². The second-order valence-corrected chi connectivity index (χ2v) is 6.83. The number of nitrogens with one attached hydrogen (secondary N) is 1. The van der Waals surface area contributed by atoms with E-state index in [4.69, 9.17) is 16.3 Å². The van der Waals surface area contributed by atoms with Crippen molar-refractivity contribution in [3.05, 3.63) is 81.6 Å². The lowest BCUT2D eigenvalue weighted by atomic mass is 10.1. The van der Waals surface area contributed by atoms with E-state index in [2.05, 4.69) is 10.4 Å². The third kappa shape index (κ3) is 4.40. The van der Waals surface area contributed by atoms with E-state index in [9.17, 15) is 9.59 Å². The van der Waals surface area contributed by atoms with Crippen LogP contribution >= 0.6 is 11.6 Å². The molecule has 0 aliphatic carbocycles. The lowest BCUT2D eigenvalue weighted by Crippen LogP contribution is -2.13. The van der Waals surface area contributed by atoms with Gasteiger partial charge in [-0.15, -0.1) is 0 Å². The number of carbonyl (C=O) groups is 2. The van der Waals surface area contributed by atoms with E-state index in [1.807, 2.05) is 36.7 Å². The summed E-state index contributed by atoms with van der Waals surface area (Å²) >= 11 is 6.13. The molecule has 0 fully saturated rings. The van der Waals surface area contributed by atoms with Gasteiger partial charge in [0.15, 0.2) is 0 Å². The summed E-state index contributed by atoms with van der Waals surface area (Å²) in [6.45, 7) is 4.60. The van der Waals surface area contributed by atoms with E-state index in [0.717, 1.165) is 17.0 Å². The van der Waals surface area contributed by atoms with Crippen molar-refractivity contribution in [3.63, 3.8) is 0 Å². The van der Waals surface area contributed by atoms with Gasteiger partial charge in [0.25, 0.3) is 5.91 Å². The van der Waals surface area contributed by atoms with Gasteiger partial charge in [0.2, 0.25) is 0 Å². The molecule has 28 heavy (non-hydrogen) atoms. The highest BCUT2D eigenvalue weighted by Crippen LogP contribution is 2.24. The molecular formula is C21H20ClN3O3. The van der Waals surface area contributed by atoms with Crippen LogP contribution in [0.4, 0.5) is 5.69 Å². The van der Waals surface area contributed by atoms with E-state index in [1.54, 1.807) is 18.2 Å². The van der Waals surface area contributed by atoms with Gasteiger partial charge < -0.3 is 10.1 Å². The van der Waals surface area contributed by atoms with Gasteiger partial charge in [-0.1, -0.05) is 23.7 Å². The van der Waals surface area contributed by atoms with Crippen molar-refractivity contribution in [2.24, 2.45) is 0 Å². The molecule has 144 valence electrons. The van der Waals surface area contributed by atoms with Gasteiger partial charge in [-0.05, 0) is 55.8 Å². The summed E-state index contributed by atoms with van der Waals surface area (Å²) in [7, 11) is 1.29. The summed E-state index contributed by atoms with van der Waals surface area (Å²) < 4.78 is 6.61. The quantitative estimate of drug-likeness (QED) is 0.653. The number of carbonyl (C=O) groups excluding carboxylic acids is 2. The average Bonchev–Trinajstić information content (AvgIpc) is 3.00. The van der Waals surface area contributed by atoms with Gasteiger partial charge in [0.1, 0.15) is 0 Å². The smallest absolute Gasteiger partial charge is 0.337 e. The van der Waals surface area contributed by atoms with E-state index in [1.165, 1.54) is 19.2 Å². The molecule has 7 heteroatoms. The number of anilines is 1. The fourth-order valence-corrected chi connectivity index (χ4v) is 2.99. The molecule has 6 nitrogen and oxygen atoms in total. The third-order valence-electron chi connectivity index (χ3n) is 4.29. The van der Waals surface area contributed by atoms with Crippen LogP contribution in [0.15, 0.2) is 48.5 Å². The van der Waals surface area contributed by atoms with Crippen LogP contribution < -0.4 is 5.32 Å². The maximum absolute atomic E-state index is 12.5. The van der Waals surface area contributed by atoms with E-state index in [0.29, 0.717) is 28.4 Å². The number of hydrogen-bond acceptors (Lipinski definition) is 4. The maximum Gasteiger partial charge on any atom is 0.337 e. The van der Waals surface area contributed by atoms with Crippen molar-refractivity contribution in [1.29, 1.82) is 0 Å². The Morgan fingerprint density at radius 3 is 2.36 bits per heavy atom. The zero-order valence-corrected chi connectivity index (χ0v) is 16.6. The van der Waals surface area contributed by atoms with Crippen LogP contribution in [-0.4, -0.2) is 28.8 Å². The molecule has 0 saturated heterocycles. The Morgan fingerprint density at radius 2 is 1.75 bits per heavy atom. The number of nitrogens with zero attached hydrogens (tertiary/aromatic N) is 2. The monoisotopic (exact) mass is 397 g/mol. The largest absolute Gasteiger partial charge is 0.465 e. The summed E-state index contributed by atoms with van der Waals surface area (Å²) in [5.74, 6) is -0.817. The van der Waals surface area contributed by atoms with Crippen molar-refractivity contribution in [2.75, 3.05) is 12.4 Å². The molecule has 0 bridgehead atoms. The van der Waals surface area contributed by atoms with Crippen LogP contribution in [0.1, 0.15) is 37.7 Å². The zero-order chi connectivity index (χ0) is 20.3. The number of rotatable bonds is 5. The van der Waals surface area contributed by atoms with Crippen molar-refractivity contribution in [3.8, 4) is 0 Å². The third-order valence-corrected chi connectivity index (χ3v) is 4.62. The Balaban J connectivity index is 1.73. The number of benzene rings is 2. The first-order valence-electron chi connectivity index (χ1n) is 8.66. The van der Waals surface area contributed by atoms with Crippen LogP contribution in [-0.2, 0) is 11.3 Å². The van der Waals surface area contributed by atoms with Gasteiger partial charge >= 0.3 is 5.97 Å². The standard InChI is InChI=1S/C21H20ClN3O3/c1-13-10-14(2)25(24-13)12-15-4-6-16(7-5-15)20(26)23-19-11-17(21(27)28-3)8-9-18(19)22/h4-11H,12H2,1-3H3,(H,23,26). The van der Waals surface area contributed by atoms with Gasteiger partial charge in [0.05, 0.1) is 35.6 Å². The Kier molecular flexibility index (Phi) is 5.80. The number of hydrogen-bond donors (Lipinski definition) is 1. The molecule has 0 radical (unpaired) electrons. The summed E-state index contributed by atoms with van der Waals surface area (Å²) in [4.78, 5) is 24.2. The predicted octanol–water partition coefficient (Wildman–Crippen LogP) is 4.24. The first-order valence-corrected chi connectivity index (χ1v) is 9.04. The molecule has 3 aromatic rings. The maximum atomic E-state index is 12.5.